The van der Waals surface area contributed by atoms with Crippen molar-refractivity contribution in [1.82, 2.24) is 19.9 Å². The van der Waals surface area contributed by atoms with Gasteiger partial charge in [-0.05, 0) is 52.8 Å². The number of benzene rings is 1. The van der Waals surface area contributed by atoms with Crippen LogP contribution in [0.3, 0.4) is 0 Å². The Morgan fingerprint density at radius 3 is 2.65 bits per heavy atom. The van der Waals surface area contributed by atoms with Crippen LogP contribution in [-0.4, -0.2) is 38.9 Å². The normalized spacial score (nSPS) is 12.5. The second-order valence-electron chi connectivity index (χ2n) is 7.92. The molecule has 0 saturated heterocycles. The highest BCUT2D eigenvalue weighted by molar-refractivity contribution is 5.95. The summed E-state index contributed by atoms with van der Waals surface area (Å²) in [5.41, 5.74) is 0.155. The van der Waals surface area contributed by atoms with Crippen LogP contribution < -0.4 is 5.32 Å². The van der Waals surface area contributed by atoms with E-state index in [1.807, 2.05) is 0 Å². The molecule has 0 fully saturated rings. The van der Waals surface area contributed by atoms with E-state index < -0.39 is 29.5 Å². The Kier molecular flexibility index (Phi) is 6.24. The van der Waals surface area contributed by atoms with Crippen LogP contribution in [0, 0.1) is 5.82 Å². The maximum Gasteiger partial charge on any atom is 0.408 e. The van der Waals surface area contributed by atoms with Gasteiger partial charge in [0.15, 0.2) is 11.5 Å². The Morgan fingerprint density at radius 1 is 1.23 bits per heavy atom. The molecule has 0 bridgehead atoms. The highest BCUT2D eigenvalue weighted by Gasteiger charge is 2.23. The number of hydrogen-bond acceptors (Lipinski definition) is 6. The van der Waals surface area contributed by atoms with E-state index in [1.165, 1.54) is 10.6 Å². The summed E-state index contributed by atoms with van der Waals surface area (Å²) in [6.45, 7) is 8.75. The summed E-state index contributed by atoms with van der Waals surface area (Å²) in [6.07, 6.45) is 0.983. The number of hydrogen-bond donors (Lipinski definition) is 1. The maximum atomic E-state index is 15.4. The van der Waals surface area contributed by atoms with Gasteiger partial charge in [0, 0.05) is 11.8 Å². The molecule has 0 spiro atoms. The second kappa shape index (κ2) is 8.71. The maximum absolute atomic E-state index is 15.4. The first-order valence-electron chi connectivity index (χ1n) is 9.91. The van der Waals surface area contributed by atoms with Crippen LogP contribution in [0.25, 0.3) is 16.9 Å². The number of ether oxygens (including phenoxy) is 2. The van der Waals surface area contributed by atoms with Crippen molar-refractivity contribution in [3.8, 4) is 11.4 Å². The van der Waals surface area contributed by atoms with Crippen LogP contribution in [0.5, 0.6) is 0 Å². The van der Waals surface area contributed by atoms with Crippen molar-refractivity contribution < 1.29 is 23.5 Å². The minimum Gasteiger partial charge on any atom is -0.461 e. The minimum absolute atomic E-state index is 0.0237. The van der Waals surface area contributed by atoms with Gasteiger partial charge in [-0.15, -0.1) is 5.10 Å². The fourth-order valence-corrected chi connectivity index (χ4v) is 3.02. The highest BCUT2D eigenvalue weighted by Crippen LogP contribution is 2.27. The average Bonchev–Trinajstić information content (AvgIpc) is 3.14. The number of nitrogens with one attached hydrogen (secondary N) is 1. The highest BCUT2D eigenvalue weighted by atomic mass is 19.1. The number of rotatable bonds is 5. The number of carbonyl (C=O) groups is 2. The molecule has 0 aliphatic rings. The fourth-order valence-electron chi connectivity index (χ4n) is 3.02. The molecule has 3 rings (SSSR count). The van der Waals surface area contributed by atoms with Crippen LogP contribution in [0.4, 0.5) is 9.18 Å². The molecule has 3 aromatic rings. The number of carbonyl (C=O) groups excluding carboxylic acids is 2. The van der Waals surface area contributed by atoms with Crippen molar-refractivity contribution >= 4 is 17.6 Å². The second-order valence-corrected chi connectivity index (χ2v) is 7.92. The predicted molar refractivity (Wildman–Crippen MR) is 112 cm³/mol. The number of alkyl carbamates (subject to hydrolysis) is 1. The summed E-state index contributed by atoms with van der Waals surface area (Å²) in [6, 6.07) is 7.41. The van der Waals surface area contributed by atoms with Gasteiger partial charge in [-0.2, -0.15) is 0 Å². The summed E-state index contributed by atoms with van der Waals surface area (Å²) < 4.78 is 27.2. The lowest BCUT2D eigenvalue weighted by Crippen LogP contribution is -2.34. The summed E-state index contributed by atoms with van der Waals surface area (Å²) in [4.78, 5) is 28.7. The Morgan fingerprint density at radius 2 is 1.97 bits per heavy atom. The zero-order valence-electron chi connectivity index (χ0n) is 18.1. The summed E-state index contributed by atoms with van der Waals surface area (Å²) in [5.74, 6) is -1.20. The SMILES string of the molecule is CCOC(=O)c1nc(-c2cccc(C(C)NC(=O)OC(C)(C)C)c2F)nn2cccc12. The zero-order chi connectivity index (χ0) is 22.8. The van der Waals surface area contributed by atoms with Gasteiger partial charge in [-0.1, -0.05) is 12.1 Å². The van der Waals surface area contributed by atoms with E-state index in [-0.39, 0.29) is 29.3 Å². The molecule has 0 aliphatic heterocycles. The number of amides is 1. The van der Waals surface area contributed by atoms with Gasteiger partial charge in [0.05, 0.1) is 23.7 Å². The molecule has 8 nitrogen and oxygen atoms in total. The number of esters is 1. The quantitative estimate of drug-likeness (QED) is 0.609. The molecular formula is C22H25FN4O4. The Balaban J connectivity index is 1.98. The van der Waals surface area contributed by atoms with Crippen molar-refractivity contribution in [2.45, 2.75) is 46.3 Å². The van der Waals surface area contributed by atoms with Gasteiger partial charge in [-0.3, -0.25) is 0 Å². The first-order chi connectivity index (χ1) is 14.6. The van der Waals surface area contributed by atoms with Crippen molar-refractivity contribution in [1.29, 1.82) is 0 Å². The predicted octanol–water partition coefficient (Wildman–Crippen LogP) is 4.30. The number of aromatic nitrogens is 3. The molecule has 31 heavy (non-hydrogen) atoms. The van der Waals surface area contributed by atoms with E-state index in [4.69, 9.17) is 9.47 Å². The topological polar surface area (TPSA) is 94.8 Å². The van der Waals surface area contributed by atoms with E-state index in [0.29, 0.717) is 5.52 Å². The number of halogens is 1. The van der Waals surface area contributed by atoms with Crippen LogP contribution >= 0.6 is 0 Å². The molecule has 2 heterocycles. The van der Waals surface area contributed by atoms with E-state index >= 15 is 4.39 Å². The summed E-state index contributed by atoms with van der Waals surface area (Å²) in [7, 11) is 0. The lowest BCUT2D eigenvalue weighted by molar-refractivity contribution is 0.0501. The molecule has 0 aliphatic carbocycles. The third kappa shape index (κ3) is 4.99. The number of nitrogens with zero attached hydrogens (tertiary/aromatic N) is 3. The molecule has 1 unspecified atom stereocenters. The van der Waals surface area contributed by atoms with Crippen molar-refractivity contribution in [3.05, 3.63) is 53.6 Å². The Bertz CT molecular complexity index is 1120. The molecule has 1 amide bonds. The molecule has 164 valence electrons. The van der Waals surface area contributed by atoms with E-state index in [2.05, 4.69) is 15.4 Å². The average molecular weight is 428 g/mol. The fraction of sp³-hybridized carbons (Fsp3) is 0.364. The minimum atomic E-state index is -0.673. The molecule has 2 aromatic heterocycles. The van der Waals surface area contributed by atoms with Gasteiger partial charge < -0.3 is 14.8 Å². The smallest absolute Gasteiger partial charge is 0.408 e. The van der Waals surface area contributed by atoms with Gasteiger partial charge in [0.25, 0.3) is 0 Å². The monoisotopic (exact) mass is 428 g/mol. The van der Waals surface area contributed by atoms with Gasteiger partial charge in [0.1, 0.15) is 11.4 Å². The molecular weight excluding hydrogens is 403 g/mol. The lowest BCUT2D eigenvalue weighted by atomic mass is 10.0. The largest absolute Gasteiger partial charge is 0.461 e. The Labute approximate surface area is 179 Å². The first-order valence-corrected chi connectivity index (χ1v) is 9.91. The van der Waals surface area contributed by atoms with Gasteiger partial charge in [-0.25, -0.2) is 23.5 Å². The zero-order valence-corrected chi connectivity index (χ0v) is 18.1. The first kappa shape index (κ1) is 22.2. The third-order valence-electron chi connectivity index (χ3n) is 4.33. The Hall–Kier alpha value is -3.49. The molecule has 0 saturated carbocycles. The van der Waals surface area contributed by atoms with Crippen LogP contribution in [-0.2, 0) is 9.47 Å². The van der Waals surface area contributed by atoms with E-state index in [9.17, 15) is 9.59 Å². The van der Waals surface area contributed by atoms with E-state index in [1.54, 1.807) is 65.1 Å². The third-order valence-corrected chi connectivity index (χ3v) is 4.33. The molecule has 9 heteroatoms. The lowest BCUT2D eigenvalue weighted by Gasteiger charge is -2.22. The summed E-state index contributed by atoms with van der Waals surface area (Å²) >= 11 is 0. The number of fused-ring (bicyclic) bond motifs is 1. The van der Waals surface area contributed by atoms with Crippen molar-refractivity contribution in [2.75, 3.05) is 6.61 Å². The molecule has 0 radical (unpaired) electrons. The van der Waals surface area contributed by atoms with Crippen LogP contribution in [0.2, 0.25) is 0 Å². The standard InChI is InChI=1S/C22H25FN4O4/c1-6-30-20(28)18-16-11-8-12-27(16)26-19(25-18)15-10-7-9-14(17(15)23)13(2)24-21(29)31-22(3,4)5/h7-13H,6H2,1-5H3,(H,24,29). The summed E-state index contributed by atoms with van der Waals surface area (Å²) in [5, 5.41) is 6.95. The van der Waals surface area contributed by atoms with E-state index in [0.717, 1.165) is 0 Å². The molecule has 1 atom stereocenters. The van der Waals surface area contributed by atoms with Crippen molar-refractivity contribution in [2.24, 2.45) is 0 Å². The van der Waals surface area contributed by atoms with Crippen LogP contribution in [0.15, 0.2) is 36.5 Å². The molecule has 1 N–H and O–H groups in total. The van der Waals surface area contributed by atoms with Gasteiger partial charge in [0.2, 0.25) is 0 Å². The molecule has 1 aromatic carbocycles. The van der Waals surface area contributed by atoms with Crippen LogP contribution in [0.1, 0.15) is 56.7 Å². The van der Waals surface area contributed by atoms with Gasteiger partial charge >= 0.3 is 12.1 Å². The van der Waals surface area contributed by atoms with Crippen molar-refractivity contribution in [3.63, 3.8) is 0 Å².